The van der Waals surface area contributed by atoms with Crippen LogP contribution in [0.1, 0.15) is 17.3 Å². The summed E-state index contributed by atoms with van der Waals surface area (Å²) in [5, 5.41) is 2.21. The second kappa shape index (κ2) is 5.58. The summed E-state index contributed by atoms with van der Waals surface area (Å²) < 4.78 is 1.55. The van der Waals surface area contributed by atoms with Crippen molar-refractivity contribution in [1.29, 1.82) is 0 Å². The van der Waals surface area contributed by atoms with Crippen molar-refractivity contribution in [3.05, 3.63) is 31.8 Å². The first kappa shape index (κ1) is 14.4. The van der Waals surface area contributed by atoms with Gasteiger partial charge in [-0.05, 0) is 47.7 Å². The molecule has 0 saturated carbocycles. The number of rotatable bonds is 1. The summed E-state index contributed by atoms with van der Waals surface area (Å²) in [5.41, 5.74) is 0.476. The van der Waals surface area contributed by atoms with Gasteiger partial charge in [0, 0.05) is 8.04 Å². The molecule has 19 heavy (non-hydrogen) atoms. The van der Waals surface area contributed by atoms with Crippen LogP contribution in [0, 0.1) is 3.57 Å². The third kappa shape index (κ3) is 2.97. The number of imide groups is 1. The second-order valence-corrected chi connectivity index (χ2v) is 6.22. The fourth-order valence-electron chi connectivity index (χ4n) is 1.78. The topological polar surface area (TPSA) is 66.5 Å². The number of halogens is 2. The smallest absolute Gasteiger partial charge is 0.256 e. The van der Waals surface area contributed by atoms with Gasteiger partial charge in [0.25, 0.3) is 5.91 Å². The zero-order valence-corrected chi connectivity index (χ0v) is 13.7. The first-order valence-corrected chi connectivity index (χ1v) is 7.37. The highest BCUT2D eigenvalue weighted by atomic mass is 127. The lowest BCUT2D eigenvalue weighted by molar-refractivity contribution is -0.138. The molecular weight excluding hydrogens is 427 g/mol. The lowest BCUT2D eigenvalue weighted by atomic mass is 10.1. The molecule has 1 N–H and O–H groups in total. The van der Waals surface area contributed by atoms with Gasteiger partial charge in [0.1, 0.15) is 12.6 Å². The monoisotopic (exact) mass is 436 g/mol. The molecule has 1 unspecified atom stereocenters. The molecule has 5 nitrogen and oxygen atoms in total. The summed E-state index contributed by atoms with van der Waals surface area (Å²) in [4.78, 5) is 36.7. The van der Waals surface area contributed by atoms with Crippen LogP contribution in [0.25, 0.3) is 0 Å². The maximum absolute atomic E-state index is 12.4. The van der Waals surface area contributed by atoms with Gasteiger partial charge < -0.3 is 4.90 Å². The van der Waals surface area contributed by atoms with E-state index in [1.165, 1.54) is 4.90 Å². The summed E-state index contributed by atoms with van der Waals surface area (Å²) in [7, 11) is 0. The molecule has 0 aromatic heterocycles. The predicted octanol–water partition coefficient (Wildman–Crippen LogP) is 1.54. The van der Waals surface area contributed by atoms with Gasteiger partial charge in [-0.3, -0.25) is 19.7 Å². The Bertz CT molecular complexity index is 576. The van der Waals surface area contributed by atoms with Gasteiger partial charge in [-0.15, -0.1) is 0 Å². The fraction of sp³-hybridized carbons (Fsp3) is 0.250. The molecule has 2 rings (SSSR count). The van der Waals surface area contributed by atoms with Crippen LogP contribution in [-0.2, 0) is 9.59 Å². The minimum Gasteiger partial charge on any atom is -0.318 e. The van der Waals surface area contributed by atoms with E-state index in [1.54, 1.807) is 19.1 Å². The number of benzene rings is 1. The number of carbonyl (C=O) groups excluding carboxylic acids is 3. The molecular formula is C12H10BrIN2O3. The van der Waals surface area contributed by atoms with Crippen molar-refractivity contribution in [2.75, 3.05) is 6.54 Å². The average molecular weight is 437 g/mol. The van der Waals surface area contributed by atoms with E-state index in [-0.39, 0.29) is 12.5 Å². The van der Waals surface area contributed by atoms with E-state index in [9.17, 15) is 14.4 Å². The summed E-state index contributed by atoms with van der Waals surface area (Å²) in [6.07, 6.45) is 0. The van der Waals surface area contributed by atoms with Gasteiger partial charge in [-0.2, -0.15) is 0 Å². The Morgan fingerprint density at radius 2 is 2.16 bits per heavy atom. The second-order valence-electron chi connectivity index (χ2n) is 4.15. The molecule has 100 valence electrons. The summed E-state index contributed by atoms with van der Waals surface area (Å²) >= 11 is 5.36. The Balaban J connectivity index is 2.35. The third-order valence-electron chi connectivity index (χ3n) is 2.84. The number of hydrogen-bond acceptors (Lipinski definition) is 3. The molecule has 0 aliphatic carbocycles. The van der Waals surface area contributed by atoms with Crippen LogP contribution >= 0.6 is 38.5 Å². The van der Waals surface area contributed by atoms with Gasteiger partial charge in [0.15, 0.2) is 0 Å². The molecule has 1 heterocycles. The normalized spacial score (nSPS) is 19.3. The molecule has 1 aromatic carbocycles. The van der Waals surface area contributed by atoms with E-state index in [4.69, 9.17) is 0 Å². The molecule has 1 atom stereocenters. The molecule has 0 radical (unpaired) electrons. The Morgan fingerprint density at radius 3 is 2.84 bits per heavy atom. The Hall–Kier alpha value is -0.960. The van der Waals surface area contributed by atoms with Crippen LogP contribution in [0.15, 0.2) is 22.7 Å². The molecule has 7 heteroatoms. The standard InChI is InChI=1S/C12H10BrIN2O3/c1-6-11(18)15-10(17)5-16(6)12(19)8-4-7(13)2-3-9(8)14/h2-4,6H,5H2,1H3,(H,15,17,18). The predicted molar refractivity (Wildman–Crippen MR) is 80.5 cm³/mol. The zero-order chi connectivity index (χ0) is 14.2. The first-order valence-electron chi connectivity index (χ1n) is 5.50. The number of nitrogens with zero attached hydrogens (tertiary/aromatic N) is 1. The molecule has 1 aliphatic heterocycles. The van der Waals surface area contributed by atoms with E-state index < -0.39 is 17.9 Å². The molecule has 0 spiro atoms. The van der Waals surface area contributed by atoms with Crippen molar-refractivity contribution < 1.29 is 14.4 Å². The van der Waals surface area contributed by atoms with Crippen LogP contribution < -0.4 is 5.32 Å². The van der Waals surface area contributed by atoms with Crippen LogP contribution in [0.4, 0.5) is 0 Å². The zero-order valence-electron chi connectivity index (χ0n) is 9.94. The molecule has 1 saturated heterocycles. The van der Waals surface area contributed by atoms with Gasteiger partial charge in [0.2, 0.25) is 11.8 Å². The van der Waals surface area contributed by atoms with E-state index in [1.807, 2.05) is 6.07 Å². The highest BCUT2D eigenvalue weighted by molar-refractivity contribution is 14.1. The van der Waals surface area contributed by atoms with Gasteiger partial charge in [0.05, 0.1) is 5.56 Å². The molecule has 0 bridgehead atoms. The van der Waals surface area contributed by atoms with E-state index >= 15 is 0 Å². The van der Waals surface area contributed by atoms with Crippen molar-refractivity contribution in [2.45, 2.75) is 13.0 Å². The van der Waals surface area contributed by atoms with E-state index in [2.05, 4.69) is 43.8 Å². The Morgan fingerprint density at radius 1 is 1.47 bits per heavy atom. The maximum Gasteiger partial charge on any atom is 0.256 e. The Labute approximate surface area is 132 Å². The fourth-order valence-corrected chi connectivity index (χ4v) is 2.71. The van der Waals surface area contributed by atoms with Gasteiger partial charge >= 0.3 is 0 Å². The molecule has 1 aromatic rings. The largest absolute Gasteiger partial charge is 0.318 e. The van der Waals surface area contributed by atoms with Crippen LogP contribution in [0.3, 0.4) is 0 Å². The van der Waals surface area contributed by atoms with Crippen molar-refractivity contribution in [3.63, 3.8) is 0 Å². The molecule has 1 aliphatic rings. The summed E-state index contributed by atoms with van der Waals surface area (Å²) in [6, 6.07) is 4.66. The molecule has 1 fully saturated rings. The summed E-state index contributed by atoms with van der Waals surface area (Å²) in [6.45, 7) is 1.50. The van der Waals surface area contributed by atoms with E-state index in [0.29, 0.717) is 5.56 Å². The van der Waals surface area contributed by atoms with Crippen molar-refractivity contribution in [3.8, 4) is 0 Å². The van der Waals surface area contributed by atoms with E-state index in [0.717, 1.165) is 8.04 Å². The number of hydrogen-bond donors (Lipinski definition) is 1. The van der Waals surface area contributed by atoms with Crippen molar-refractivity contribution in [2.24, 2.45) is 0 Å². The van der Waals surface area contributed by atoms with Crippen molar-refractivity contribution in [1.82, 2.24) is 10.2 Å². The first-order chi connectivity index (χ1) is 8.90. The van der Waals surface area contributed by atoms with Crippen molar-refractivity contribution >= 4 is 56.2 Å². The summed E-state index contributed by atoms with van der Waals surface area (Å²) in [5.74, 6) is -1.22. The van der Waals surface area contributed by atoms with Gasteiger partial charge in [-0.1, -0.05) is 15.9 Å². The number of nitrogens with one attached hydrogen (secondary N) is 1. The Kier molecular flexibility index (Phi) is 4.24. The lowest BCUT2D eigenvalue weighted by Crippen LogP contribution is -2.58. The third-order valence-corrected chi connectivity index (χ3v) is 4.28. The van der Waals surface area contributed by atoms with Crippen LogP contribution in [0.5, 0.6) is 0 Å². The SMILES string of the molecule is CC1C(=O)NC(=O)CN1C(=O)c1cc(Br)ccc1I. The minimum atomic E-state index is -0.653. The minimum absolute atomic E-state index is 0.103. The maximum atomic E-state index is 12.4. The van der Waals surface area contributed by atoms with Crippen LogP contribution in [-0.4, -0.2) is 35.2 Å². The lowest BCUT2D eigenvalue weighted by Gasteiger charge is -2.31. The number of piperazine rings is 1. The highest BCUT2D eigenvalue weighted by Crippen LogP contribution is 2.21. The number of amides is 3. The highest BCUT2D eigenvalue weighted by Gasteiger charge is 2.34. The number of carbonyl (C=O) groups is 3. The van der Waals surface area contributed by atoms with Crippen LogP contribution in [0.2, 0.25) is 0 Å². The average Bonchev–Trinajstić information content (AvgIpc) is 2.36. The quantitative estimate of drug-likeness (QED) is 0.536. The van der Waals surface area contributed by atoms with Gasteiger partial charge in [-0.25, -0.2) is 0 Å². The molecule has 3 amide bonds.